The third kappa shape index (κ3) is 4.76. The van der Waals surface area contributed by atoms with Crippen LogP contribution in [-0.2, 0) is 20.7 Å². The topological polar surface area (TPSA) is 69.1 Å². The molecule has 2 rings (SSSR count). The monoisotopic (exact) mass is 341 g/mol. The van der Waals surface area contributed by atoms with Crippen LogP contribution in [0.3, 0.4) is 0 Å². The van der Waals surface area contributed by atoms with Crippen LogP contribution in [0.4, 0.5) is 5.00 Å². The Balaban J connectivity index is 2.02. The average molecular weight is 341 g/mol. The number of quaternary nitrogens is 1. The molecule has 1 amide bonds. The van der Waals surface area contributed by atoms with Crippen LogP contribution < -0.4 is 10.2 Å². The van der Waals surface area contributed by atoms with Gasteiger partial charge in [0, 0.05) is 4.88 Å². The SMILES string of the molecule is CCc1cc(C(=O)OC)c(NC(=O)C[NH+]2C[C@H](C)O[C@@H](C)C2)s1. The highest BCUT2D eigenvalue weighted by atomic mass is 32.1. The fraction of sp³-hybridized carbons (Fsp3) is 0.625. The lowest BCUT2D eigenvalue weighted by molar-refractivity contribution is -0.907. The highest BCUT2D eigenvalue weighted by molar-refractivity contribution is 7.16. The normalized spacial score (nSPS) is 24.3. The number of hydrogen-bond acceptors (Lipinski definition) is 5. The van der Waals surface area contributed by atoms with Crippen molar-refractivity contribution in [2.75, 3.05) is 32.1 Å². The van der Waals surface area contributed by atoms with Crippen LogP contribution in [0.15, 0.2) is 6.07 Å². The van der Waals surface area contributed by atoms with Crippen molar-refractivity contribution in [3.8, 4) is 0 Å². The molecule has 1 aliphatic heterocycles. The number of carbonyl (C=O) groups excluding carboxylic acids is 2. The van der Waals surface area contributed by atoms with Crippen LogP contribution in [0.2, 0.25) is 0 Å². The summed E-state index contributed by atoms with van der Waals surface area (Å²) in [5.74, 6) is -0.506. The smallest absolute Gasteiger partial charge is 0.340 e. The van der Waals surface area contributed by atoms with Crippen LogP contribution in [-0.4, -0.2) is 50.8 Å². The summed E-state index contributed by atoms with van der Waals surface area (Å²) in [4.78, 5) is 26.4. The molecule has 2 heterocycles. The molecule has 1 fully saturated rings. The Kier molecular flexibility index (Phi) is 6.15. The summed E-state index contributed by atoms with van der Waals surface area (Å²) in [5.41, 5.74) is 0.432. The van der Waals surface area contributed by atoms with Gasteiger partial charge in [-0.25, -0.2) is 4.79 Å². The second-order valence-electron chi connectivity index (χ2n) is 5.94. The Bertz CT molecular complexity index is 562. The van der Waals surface area contributed by atoms with Gasteiger partial charge in [-0.1, -0.05) is 6.92 Å². The van der Waals surface area contributed by atoms with Gasteiger partial charge in [-0.3, -0.25) is 4.79 Å². The maximum absolute atomic E-state index is 12.3. The molecule has 0 spiro atoms. The van der Waals surface area contributed by atoms with Crippen LogP contribution >= 0.6 is 11.3 Å². The molecule has 1 saturated heterocycles. The number of nitrogens with one attached hydrogen (secondary N) is 2. The first-order chi connectivity index (χ1) is 10.9. The standard InChI is InChI=1S/C16H24N2O4S/c1-5-12-6-13(16(20)21-4)15(23-12)17-14(19)9-18-7-10(2)22-11(3)8-18/h6,10-11H,5,7-9H2,1-4H3,(H,17,19)/p+1/t10-,11-/m0/s1. The van der Waals surface area contributed by atoms with E-state index in [0.29, 0.717) is 17.1 Å². The van der Waals surface area contributed by atoms with Crippen molar-refractivity contribution >= 4 is 28.2 Å². The number of anilines is 1. The Morgan fingerprint density at radius 3 is 2.61 bits per heavy atom. The first kappa shape index (κ1) is 17.9. The third-order valence-corrected chi connectivity index (χ3v) is 5.01. The number of hydrogen-bond donors (Lipinski definition) is 2. The maximum Gasteiger partial charge on any atom is 0.340 e. The quantitative estimate of drug-likeness (QED) is 0.775. The minimum atomic E-state index is -0.419. The molecule has 1 aromatic rings. The molecule has 0 bridgehead atoms. The van der Waals surface area contributed by atoms with E-state index in [1.165, 1.54) is 23.3 Å². The van der Waals surface area contributed by atoms with Gasteiger partial charge in [-0.2, -0.15) is 0 Å². The van der Waals surface area contributed by atoms with E-state index in [-0.39, 0.29) is 18.1 Å². The molecule has 0 unspecified atom stereocenters. The van der Waals surface area contributed by atoms with Gasteiger partial charge in [-0.05, 0) is 26.3 Å². The van der Waals surface area contributed by atoms with E-state index in [4.69, 9.17) is 9.47 Å². The molecule has 0 aromatic carbocycles. The zero-order chi connectivity index (χ0) is 17.0. The fourth-order valence-corrected chi connectivity index (χ4v) is 3.90. The number of morpholine rings is 1. The molecular formula is C16H25N2O4S+. The summed E-state index contributed by atoms with van der Waals surface area (Å²) in [6, 6.07) is 1.79. The molecule has 23 heavy (non-hydrogen) atoms. The third-order valence-electron chi connectivity index (χ3n) is 3.82. The summed E-state index contributed by atoms with van der Waals surface area (Å²) >= 11 is 1.43. The number of amides is 1. The van der Waals surface area contributed by atoms with Gasteiger partial charge in [0.15, 0.2) is 6.54 Å². The molecule has 1 aliphatic rings. The zero-order valence-corrected chi connectivity index (χ0v) is 14.9. The lowest BCUT2D eigenvalue weighted by Crippen LogP contribution is -3.16. The highest BCUT2D eigenvalue weighted by Gasteiger charge is 2.28. The van der Waals surface area contributed by atoms with Gasteiger partial charge >= 0.3 is 5.97 Å². The maximum atomic E-state index is 12.3. The summed E-state index contributed by atoms with van der Waals surface area (Å²) in [6.07, 6.45) is 1.12. The first-order valence-corrected chi connectivity index (χ1v) is 8.74. The summed E-state index contributed by atoms with van der Waals surface area (Å²) < 4.78 is 10.5. The van der Waals surface area contributed by atoms with E-state index < -0.39 is 5.97 Å². The molecule has 0 aliphatic carbocycles. The Labute approximate surface area is 140 Å². The molecule has 2 atom stereocenters. The Morgan fingerprint density at radius 1 is 1.39 bits per heavy atom. The van der Waals surface area contributed by atoms with Gasteiger partial charge < -0.3 is 19.7 Å². The zero-order valence-electron chi connectivity index (χ0n) is 14.1. The van der Waals surface area contributed by atoms with Gasteiger partial charge in [0.25, 0.3) is 5.91 Å². The van der Waals surface area contributed by atoms with Gasteiger partial charge in [0.2, 0.25) is 0 Å². The molecular weight excluding hydrogens is 316 g/mol. The van der Waals surface area contributed by atoms with Crippen molar-refractivity contribution in [1.29, 1.82) is 0 Å². The number of aryl methyl sites for hydroxylation is 1. The van der Waals surface area contributed by atoms with E-state index in [1.807, 2.05) is 20.8 Å². The Hall–Kier alpha value is -1.44. The van der Waals surface area contributed by atoms with Crippen molar-refractivity contribution < 1.29 is 24.0 Å². The number of esters is 1. The lowest BCUT2D eigenvalue weighted by atomic mass is 10.2. The van der Waals surface area contributed by atoms with E-state index in [1.54, 1.807) is 6.07 Å². The van der Waals surface area contributed by atoms with Crippen LogP contribution in [0.25, 0.3) is 0 Å². The second kappa shape index (κ2) is 7.90. The van der Waals surface area contributed by atoms with E-state index in [2.05, 4.69) is 5.32 Å². The molecule has 6 nitrogen and oxygen atoms in total. The summed E-state index contributed by atoms with van der Waals surface area (Å²) in [5, 5.41) is 3.45. The van der Waals surface area contributed by atoms with Gasteiger partial charge in [0.1, 0.15) is 30.3 Å². The average Bonchev–Trinajstić information content (AvgIpc) is 2.88. The van der Waals surface area contributed by atoms with E-state index in [9.17, 15) is 9.59 Å². The predicted molar refractivity (Wildman–Crippen MR) is 89.2 cm³/mol. The van der Waals surface area contributed by atoms with E-state index in [0.717, 1.165) is 24.4 Å². The predicted octanol–water partition coefficient (Wildman–Crippen LogP) is 0.728. The van der Waals surface area contributed by atoms with E-state index >= 15 is 0 Å². The molecule has 1 aromatic heterocycles. The lowest BCUT2D eigenvalue weighted by Gasteiger charge is -2.31. The molecule has 7 heteroatoms. The molecule has 0 saturated carbocycles. The van der Waals surface area contributed by atoms with Crippen molar-refractivity contribution in [3.63, 3.8) is 0 Å². The van der Waals surface area contributed by atoms with Crippen LogP contribution in [0, 0.1) is 0 Å². The molecule has 2 N–H and O–H groups in total. The van der Waals surface area contributed by atoms with Crippen LogP contribution in [0.5, 0.6) is 0 Å². The highest BCUT2D eigenvalue weighted by Crippen LogP contribution is 2.29. The summed E-state index contributed by atoms with van der Waals surface area (Å²) in [6.45, 7) is 8.06. The van der Waals surface area contributed by atoms with Crippen molar-refractivity contribution in [2.45, 2.75) is 39.4 Å². The number of carbonyl (C=O) groups is 2. The Morgan fingerprint density at radius 2 is 2.04 bits per heavy atom. The van der Waals surface area contributed by atoms with Crippen molar-refractivity contribution in [3.05, 3.63) is 16.5 Å². The number of ether oxygens (including phenoxy) is 2. The fourth-order valence-electron chi connectivity index (χ4n) is 2.90. The minimum absolute atomic E-state index is 0.0871. The van der Waals surface area contributed by atoms with Gasteiger partial charge in [0.05, 0.1) is 12.7 Å². The largest absolute Gasteiger partial charge is 0.465 e. The second-order valence-corrected chi connectivity index (χ2v) is 7.08. The van der Waals surface area contributed by atoms with Crippen LogP contribution in [0.1, 0.15) is 36.0 Å². The summed E-state index contributed by atoms with van der Waals surface area (Å²) in [7, 11) is 1.35. The first-order valence-electron chi connectivity index (χ1n) is 7.92. The number of rotatable bonds is 5. The molecule has 0 radical (unpaired) electrons. The van der Waals surface area contributed by atoms with Crippen molar-refractivity contribution in [2.24, 2.45) is 0 Å². The van der Waals surface area contributed by atoms with Crippen molar-refractivity contribution in [1.82, 2.24) is 0 Å². The number of methoxy groups -OCH3 is 1. The van der Waals surface area contributed by atoms with Gasteiger partial charge in [-0.15, -0.1) is 11.3 Å². The molecule has 128 valence electrons. The number of thiophene rings is 1. The minimum Gasteiger partial charge on any atom is -0.465 e.